The van der Waals surface area contributed by atoms with E-state index in [-0.39, 0.29) is 23.7 Å². The highest BCUT2D eigenvalue weighted by Crippen LogP contribution is 2.44. The van der Waals surface area contributed by atoms with E-state index in [1.807, 2.05) is 0 Å². The fourth-order valence-corrected chi connectivity index (χ4v) is 4.60. The summed E-state index contributed by atoms with van der Waals surface area (Å²) in [4.78, 5) is 27.3. The molecule has 5 heteroatoms. The number of hydrogen-bond acceptors (Lipinski definition) is 3. The van der Waals surface area contributed by atoms with Gasteiger partial charge in [0.15, 0.2) is 0 Å². The molecule has 110 valence electrons. The van der Waals surface area contributed by atoms with Gasteiger partial charge >= 0.3 is 0 Å². The predicted octanol–water partition coefficient (Wildman–Crippen LogP) is 2.15. The van der Waals surface area contributed by atoms with Crippen LogP contribution in [0.1, 0.15) is 57.8 Å². The molecular weight excluding hydrogens is 272 g/mol. The Labute approximate surface area is 125 Å². The number of likely N-dealkylation sites (tertiary alicyclic amines) is 1. The number of rotatable bonds is 2. The third-order valence-corrected chi connectivity index (χ3v) is 5.79. The maximum absolute atomic E-state index is 12.7. The standard InChI is InChI=1S/C15H22N2O2S/c16-14(20)15(8-4-1-5-9-15)17-12(18)10-6-2-3-7-11(10)13(17)19/h10-11H,1-9H2,(H2,16,20). The van der Waals surface area contributed by atoms with Gasteiger partial charge in [0.05, 0.1) is 16.8 Å². The molecule has 3 aliphatic rings. The molecule has 20 heavy (non-hydrogen) atoms. The predicted molar refractivity (Wildman–Crippen MR) is 79.9 cm³/mol. The van der Waals surface area contributed by atoms with Gasteiger partial charge in [-0.15, -0.1) is 0 Å². The van der Waals surface area contributed by atoms with Crippen molar-refractivity contribution >= 4 is 29.0 Å². The van der Waals surface area contributed by atoms with Crippen LogP contribution in [0.5, 0.6) is 0 Å². The summed E-state index contributed by atoms with van der Waals surface area (Å²) in [6, 6.07) is 0. The van der Waals surface area contributed by atoms with Gasteiger partial charge in [0.1, 0.15) is 5.54 Å². The molecule has 2 N–H and O–H groups in total. The molecule has 2 unspecified atom stereocenters. The lowest BCUT2D eigenvalue weighted by molar-refractivity contribution is -0.145. The quantitative estimate of drug-likeness (QED) is 0.626. The zero-order valence-electron chi connectivity index (χ0n) is 11.8. The van der Waals surface area contributed by atoms with Crippen molar-refractivity contribution in [1.29, 1.82) is 0 Å². The molecule has 0 radical (unpaired) electrons. The second-order valence-corrected chi connectivity index (χ2v) is 6.91. The van der Waals surface area contributed by atoms with Crippen molar-refractivity contribution in [3.8, 4) is 0 Å². The Morgan fingerprint density at radius 2 is 1.50 bits per heavy atom. The van der Waals surface area contributed by atoms with E-state index in [4.69, 9.17) is 18.0 Å². The summed E-state index contributed by atoms with van der Waals surface area (Å²) in [5, 5.41) is 0. The van der Waals surface area contributed by atoms with Crippen LogP contribution in [0, 0.1) is 11.8 Å². The summed E-state index contributed by atoms with van der Waals surface area (Å²) in [6.45, 7) is 0. The summed E-state index contributed by atoms with van der Waals surface area (Å²) < 4.78 is 0. The number of imide groups is 1. The molecule has 1 saturated heterocycles. The van der Waals surface area contributed by atoms with Crippen LogP contribution in [0.3, 0.4) is 0 Å². The second kappa shape index (κ2) is 5.10. The molecule has 0 bridgehead atoms. The fourth-order valence-electron chi connectivity index (χ4n) is 4.30. The number of carbonyl (C=O) groups is 2. The number of amides is 2. The normalized spacial score (nSPS) is 33.1. The first-order chi connectivity index (χ1) is 9.58. The van der Waals surface area contributed by atoms with Crippen molar-refractivity contribution < 1.29 is 9.59 Å². The lowest BCUT2D eigenvalue weighted by atomic mass is 9.80. The van der Waals surface area contributed by atoms with Crippen LogP contribution in [0.15, 0.2) is 0 Å². The van der Waals surface area contributed by atoms with E-state index < -0.39 is 5.54 Å². The van der Waals surface area contributed by atoms with Gasteiger partial charge in [-0.3, -0.25) is 14.5 Å². The van der Waals surface area contributed by atoms with Gasteiger partial charge in [-0.05, 0) is 25.7 Å². The summed E-state index contributed by atoms with van der Waals surface area (Å²) >= 11 is 5.27. The summed E-state index contributed by atoms with van der Waals surface area (Å²) in [7, 11) is 0. The van der Waals surface area contributed by atoms with Crippen molar-refractivity contribution in [2.24, 2.45) is 17.6 Å². The molecule has 2 saturated carbocycles. The molecule has 0 aromatic carbocycles. The number of hydrogen-bond donors (Lipinski definition) is 1. The molecule has 4 nitrogen and oxygen atoms in total. The Morgan fingerprint density at radius 3 is 1.95 bits per heavy atom. The van der Waals surface area contributed by atoms with Crippen LogP contribution in [-0.2, 0) is 9.59 Å². The van der Waals surface area contributed by atoms with Crippen LogP contribution >= 0.6 is 12.2 Å². The zero-order chi connectivity index (χ0) is 14.3. The zero-order valence-corrected chi connectivity index (χ0v) is 12.6. The van der Waals surface area contributed by atoms with E-state index in [9.17, 15) is 9.59 Å². The summed E-state index contributed by atoms with van der Waals surface area (Å²) in [5.41, 5.74) is 5.31. The van der Waals surface area contributed by atoms with E-state index >= 15 is 0 Å². The maximum atomic E-state index is 12.7. The van der Waals surface area contributed by atoms with Crippen LogP contribution in [0.25, 0.3) is 0 Å². The van der Waals surface area contributed by atoms with E-state index in [1.54, 1.807) is 0 Å². The number of nitrogens with two attached hydrogens (primary N) is 1. The van der Waals surface area contributed by atoms with Gasteiger partial charge < -0.3 is 5.73 Å². The van der Waals surface area contributed by atoms with Crippen molar-refractivity contribution in [1.82, 2.24) is 4.90 Å². The SMILES string of the molecule is NC(=S)C1(N2C(=O)C3CCCCC3C2=O)CCCCC1. The third-order valence-electron chi connectivity index (χ3n) is 5.41. The van der Waals surface area contributed by atoms with Crippen molar-refractivity contribution in [3.05, 3.63) is 0 Å². The number of carbonyl (C=O) groups excluding carboxylic acids is 2. The summed E-state index contributed by atoms with van der Waals surface area (Å²) in [5.74, 6) is -0.224. The number of fused-ring (bicyclic) bond motifs is 1. The highest BCUT2D eigenvalue weighted by atomic mass is 32.1. The Kier molecular flexibility index (Phi) is 3.56. The molecule has 0 spiro atoms. The fraction of sp³-hybridized carbons (Fsp3) is 0.800. The molecule has 1 aliphatic heterocycles. The molecule has 2 aliphatic carbocycles. The van der Waals surface area contributed by atoms with Gasteiger partial charge in [0, 0.05) is 0 Å². The van der Waals surface area contributed by atoms with E-state index in [0.717, 1.165) is 57.8 Å². The van der Waals surface area contributed by atoms with Crippen molar-refractivity contribution in [2.45, 2.75) is 63.3 Å². The lowest BCUT2D eigenvalue weighted by Gasteiger charge is -2.42. The first-order valence-electron chi connectivity index (χ1n) is 7.76. The topological polar surface area (TPSA) is 63.4 Å². The lowest BCUT2D eigenvalue weighted by Crippen LogP contribution is -2.60. The van der Waals surface area contributed by atoms with Crippen LogP contribution < -0.4 is 5.73 Å². The molecule has 0 aromatic heterocycles. The monoisotopic (exact) mass is 294 g/mol. The first-order valence-corrected chi connectivity index (χ1v) is 8.16. The van der Waals surface area contributed by atoms with E-state index in [0.29, 0.717) is 4.99 Å². The minimum absolute atomic E-state index is 0.00519. The van der Waals surface area contributed by atoms with E-state index in [2.05, 4.69) is 0 Å². The van der Waals surface area contributed by atoms with Crippen LogP contribution in [0.2, 0.25) is 0 Å². The molecule has 3 rings (SSSR count). The van der Waals surface area contributed by atoms with Crippen molar-refractivity contribution in [2.75, 3.05) is 0 Å². The third kappa shape index (κ3) is 1.90. The van der Waals surface area contributed by atoms with Gasteiger partial charge in [0.2, 0.25) is 11.8 Å². The minimum atomic E-state index is -0.668. The molecular formula is C15H22N2O2S. The molecule has 0 aromatic rings. The summed E-state index contributed by atoms with van der Waals surface area (Å²) in [6.07, 6.45) is 8.40. The molecule has 2 amide bonds. The number of thiocarbonyl (C=S) groups is 1. The second-order valence-electron chi connectivity index (χ2n) is 6.47. The Balaban J connectivity index is 1.96. The Morgan fingerprint density at radius 1 is 1.00 bits per heavy atom. The average molecular weight is 294 g/mol. The molecule has 3 fully saturated rings. The van der Waals surface area contributed by atoms with Gasteiger partial charge in [-0.2, -0.15) is 0 Å². The van der Waals surface area contributed by atoms with Crippen LogP contribution in [0.4, 0.5) is 0 Å². The van der Waals surface area contributed by atoms with Gasteiger partial charge in [-0.1, -0.05) is 44.3 Å². The first kappa shape index (κ1) is 14.0. The Bertz CT molecular complexity index is 433. The number of nitrogens with zero attached hydrogens (tertiary/aromatic N) is 1. The maximum Gasteiger partial charge on any atom is 0.233 e. The molecule has 1 heterocycles. The largest absolute Gasteiger partial charge is 0.391 e. The smallest absolute Gasteiger partial charge is 0.233 e. The minimum Gasteiger partial charge on any atom is -0.391 e. The van der Waals surface area contributed by atoms with Gasteiger partial charge in [-0.25, -0.2) is 0 Å². The highest BCUT2D eigenvalue weighted by Gasteiger charge is 2.56. The van der Waals surface area contributed by atoms with Gasteiger partial charge in [0.25, 0.3) is 0 Å². The van der Waals surface area contributed by atoms with Crippen LogP contribution in [-0.4, -0.2) is 27.2 Å². The average Bonchev–Trinajstić information content (AvgIpc) is 2.72. The Hall–Kier alpha value is -0.970. The molecule has 2 atom stereocenters. The van der Waals surface area contributed by atoms with Crippen molar-refractivity contribution in [3.63, 3.8) is 0 Å². The highest BCUT2D eigenvalue weighted by molar-refractivity contribution is 7.80. The van der Waals surface area contributed by atoms with E-state index in [1.165, 1.54) is 4.90 Å².